The van der Waals surface area contributed by atoms with E-state index in [0.717, 1.165) is 49.0 Å². The monoisotopic (exact) mass is 283 g/mol. The molecule has 1 aliphatic rings. The predicted molar refractivity (Wildman–Crippen MR) is 74.4 cm³/mol. The van der Waals surface area contributed by atoms with Crippen molar-refractivity contribution in [2.75, 3.05) is 5.75 Å². The summed E-state index contributed by atoms with van der Waals surface area (Å²) in [7, 11) is 0. The average Bonchev–Trinajstić information content (AvgIpc) is 2.61. The number of hydrogen-bond donors (Lipinski definition) is 1. The van der Waals surface area contributed by atoms with Crippen molar-refractivity contribution in [2.24, 2.45) is 0 Å². The average molecular weight is 283 g/mol. The molecule has 1 N–H and O–H groups in total. The van der Waals surface area contributed by atoms with Gasteiger partial charge in [-0.05, 0) is 25.7 Å². The molecule has 0 spiro atoms. The Morgan fingerprint density at radius 1 is 1.21 bits per heavy atom. The zero-order chi connectivity index (χ0) is 13.5. The zero-order valence-electron chi connectivity index (χ0n) is 11.2. The number of thioether (sulfide) groups is 1. The highest BCUT2D eigenvalue weighted by atomic mass is 32.2. The van der Waals surface area contributed by atoms with Gasteiger partial charge in [0.15, 0.2) is 5.16 Å². The first-order chi connectivity index (χ1) is 9.27. The number of carboxylic acid groups (broad SMARTS) is 1. The largest absolute Gasteiger partial charge is 0.481 e. The maximum atomic E-state index is 10.4. The highest BCUT2D eigenvalue weighted by Gasteiger charge is 2.14. The van der Waals surface area contributed by atoms with Gasteiger partial charge < -0.3 is 9.67 Å². The predicted octanol–water partition coefficient (Wildman–Crippen LogP) is 2.74. The maximum absolute atomic E-state index is 10.4. The molecule has 2 rings (SSSR count). The van der Waals surface area contributed by atoms with Crippen LogP contribution in [0.3, 0.4) is 0 Å². The van der Waals surface area contributed by atoms with Crippen LogP contribution < -0.4 is 0 Å². The van der Waals surface area contributed by atoms with Gasteiger partial charge in [0.05, 0.1) is 0 Å². The molecule has 0 saturated heterocycles. The Hall–Kier alpha value is -1.04. The van der Waals surface area contributed by atoms with Gasteiger partial charge in [-0.25, -0.2) is 0 Å². The Labute approximate surface area is 117 Å². The fraction of sp³-hybridized carbons (Fsp3) is 0.769. The number of rotatable bonds is 7. The van der Waals surface area contributed by atoms with Gasteiger partial charge in [-0.15, -0.1) is 10.2 Å². The smallest absolute Gasteiger partial charge is 0.303 e. The molecule has 1 aromatic rings. The number of nitrogens with zero attached hydrogens (tertiary/aromatic N) is 3. The summed E-state index contributed by atoms with van der Waals surface area (Å²) in [6.07, 6.45) is 7.84. The fourth-order valence-electron chi connectivity index (χ4n) is 2.28. The minimum atomic E-state index is -0.699. The van der Waals surface area contributed by atoms with Crippen LogP contribution in [0.15, 0.2) is 5.16 Å². The molecule has 5 nitrogen and oxygen atoms in total. The molecule has 106 valence electrons. The molecule has 0 aliphatic carbocycles. The number of aryl methyl sites for hydroxylation is 1. The number of hydrogen-bond acceptors (Lipinski definition) is 4. The van der Waals surface area contributed by atoms with Gasteiger partial charge in [0, 0.05) is 25.1 Å². The van der Waals surface area contributed by atoms with Crippen LogP contribution in [0.1, 0.15) is 50.8 Å². The van der Waals surface area contributed by atoms with Crippen LogP contribution in [0.5, 0.6) is 0 Å². The molecule has 2 heterocycles. The summed E-state index contributed by atoms with van der Waals surface area (Å²) < 4.78 is 2.26. The molecule has 0 fully saturated rings. The minimum absolute atomic E-state index is 0.283. The molecule has 0 bridgehead atoms. The van der Waals surface area contributed by atoms with Crippen molar-refractivity contribution >= 4 is 17.7 Å². The van der Waals surface area contributed by atoms with Crippen molar-refractivity contribution in [3.63, 3.8) is 0 Å². The van der Waals surface area contributed by atoms with Crippen LogP contribution in [-0.2, 0) is 17.8 Å². The molecule has 0 saturated carbocycles. The third kappa shape index (κ3) is 4.53. The lowest BCUT2D eigenvalue weighted by Crippen LogP contribution is -2.02. The number of aliphatic carboxylic acids is 1. The number of fused-ring (bicyclic) bond motifs is 1. The van der Waals surface area contributed by atoms with E-state index in [2.05, 4.69) is 14.8 Å². The highest BCUT2D eigenvalue weighted by molar-refractivity contribution is 7.99. The van der Waals surface area contributed by atoms with E-state index in [4.69, 9.17) is 5.11 Å². The van der Waals surface area contributed by atoms with Crippen LogP contribution in [-0.4, -0.2) is 31.6 Å². The molecule has 1 aliphatic heterocycles. The van der Waals surface area contributed by atoms with Crippen molar-refractivity contribution in [1.29, 1.82) is 0 Å². The lowest BCUT2D eigenvalue weighted by molar-refractivity contribution is -0.137. The Morgan fingerprint density at radius 3 is 2.95 bits per heavy atom. The number of unbranched alkanes of at least 4 members (excludes halogenated alkanes) is 2. The zero-order valence-corrected chi connectivity index (χ0v) is 12.0. The Bertz CT molecular complexity index is 420. The molecule has 0 amide bonds. The van der Waals surface area contributed by atoms with E-state index >= 15 is 0 Å². The second kappa shape index (κ2) is 7.53. The van der Waals surface area contributed by atoms with Gasteiger partial charge in [0.2, 0.25) is 0 Å². The Kier molecular flexibility index (Phi) is 5.69. The summed E-state index contributed by atoms with van der Waals surface area (Å²) in [4.78, 5) is 10.4. The summed E-state index contributed by atoms with van der Waals surface area (Å²) in [5.41, 5.74) is 0. The van der Waals surface area contributed by atoms with E-state index in [1.165, 1.54) is 19.3 Å². The van der Waals surface area contributed by atoms with Crippen LogP contribution in [0.2, 0.25) is 0 Å². The quantitative estimate of drug-likeness (QED) is 0.615. The van der Waals surface area contributed by atoms with E-state index in [-0.39, 0.29) is 6.42 Å². The summed E-state index contributed by atoms with van der Waals surface area (Å²) >= 11 is 1.75. The molecule has 0 aromatic carbocycles. The van der Waals surface area contributed by atoms with Crippen molar-refractivity contribution in [1.82, 2.24) is 14.8 Å². The van der Waals surface area contributed by atoms with Gasteiger partial charge >= 0.3 is 5.97 Å². The van der Waals surface area contributed by atoms with Crippen molar-refractivity contribution in [3.05, 3.63) is 5.82 Å². The first-order valence-electron chi connectivity index (χ1n) is 7.04. The second-order valence-corrected chi connectivity index (χ2v) is 5.98. The van der Waals surface area contributed by atoms with Gasteiger partial charge in [-0.3, -0.25) is 4.79 Å². The summed E-state index contributed by atoms with van der Waals surface area (Å²) in [5, 5.41) is 18.1. The van der Waals surface area contributed by atoms with Crippen LogP contribution in [0.4, 0.5) is 0 Å². The van der Waals surface area contributed by atoms with Crippen LogP contribution in [0.25, 0.3) is 0 Å². The Morgan fingerprint density at radius 2 is 2.11 bits per heavy atom. The van der Waals surface area contributed by atoms with E-state index < -0.39 is 5.97 Å². The van der Waals surface area contributed by atoms with Crippen LogP contribution >= 0.6 is 11.8 Å². The third-order valence-corrected chi connectivity index (χ3v) is 4.39. The van der Waals surface area contributed by atoms with Gasteiger partial charge in [-0.1, -0.05) is 24.6 Å². The van der Waals surface area contributed by atoms with Crippen LogP contribution in [0, 0.1) is 0 Å². The van der Waals surface area contributed by atoms with Crippen molar-refractivity contribution in [2.45, 2.75) is 63.1 Å². The maximum Gasteiger partial charge on any atom is 0.303 e. The second-order valence-electron chi connectivity index (χ2n) is 4.91. The SMILES string of the molecule is O=C(O)CCCCCSc1nnc2n1CCCCC2. The van der Waals surface area contributed by atoms with E-state index in [0.29, 0.717) is 0 Å². The van der Waals surface area contributed by atoms with Crippen molar-refractivity contribution in [3.8, 4) is 0 Å². The summed E-state index contributed by atoms with van der Waals surface area (Å²) in [6.45, 7) is 1.05. The number of aromatic nitrogens is 3. The molecule has 0 radical (unpaired) electrons. The third-order valence-electron chi connectivity index (χ3n) is 3.34. The van der Waals surface area contributed by atoms with Crippen molar-refractivity contribution < 1.29 is 9.90 Å². The molecule has 19 heavy (non-hydrogen) atoms. The minimum Gasteiger partial charge on any atom is -0.481 e. The topological polar surface area (TPSA) is 68.0 Å². The summed E-state index contributed by atoms with van der Waals surface area (Å²) in [5.74, 6) is 1.43. The van der Waals surface area contributed by atoms with Gasteiger partial charge in [0.25, 0.3) is 0 Å². The van der Waals surface area contributed by atoms with E-state index in [1.807, 2.05) is 0 Å². The molecular weight excluding hydrogens is 262 g/mol. The number of carboxylic acids is 1. The van der Waals surface area contributed by atoms with Gasteiger partial charge in [-0.2, -0.15) is 0 Å². The first-order valence-corrected chi connectivity index (χ1v) is 8.02. The highest BCUT2D eigenvalue weighted by Crippen LogP contribution is 2.22. The molecule has 6 heteroatoms. The lowest BCUT2D eigenvalue weighted by Gasteiger charge is -2.06. The molecule has 1 aromatic heterocycles. The molecule has 0 unspecified atom stereocenters. The fourth-order valence-corrected chi connectivity index (χ4v) is 3.27. The Balaban J connectivity index is 1.71. The molecular formula is C13H21N3O2S. The van der Waals surface area contributed by atoms with E-state index in [1.54, 1.807) is 11.8 Å². The van der Waals surface area contributed by atoms with Gasteiger partial charge in [0.1, 0.15) is 5.82 Å². The van der Waals surface area contributed by atoms with E-state index in [9.17, 15) is 4.79 Å². The number of carbonyl (C=O) groups is 1. The normalized spacial score (nSPS) is 14.9. The lowest BCUT2D eigenvalue weighted by atomic mass is 10.2. The molecule has 0 atom stereocenters. The first kappa shape index (κ1) is 14.4. The standard InChI is InChI=1S/C13H21N3O2S/c17-12(18)8-4-2-6-10-19-13-15-14-11-7-3-1-5-9-16(11)13/h1-10H2,(H,17,18). The summed E-state index contributed by atoms with van der Waals surface area (Å²) in [6, 6.07) is 0.